The quantitative estimate of drug-likeness (QED) is 0.891. The second-order valence-electron chi connectivity index (χ2n) is 5.67. The van der Waals surface area contributed by atoms with Crippen LogP contribution in [-0.4, -0.2) is 24.0 Å². The third kappa shape index (κ3) is 4.92. The van der Waals surface area contributed by atoms with Gasteiger partial charge in [0.05, 0.1) is 0 Å². The van der Waals surface area contributed by atoms with Gasteiger partial charge in [-0.1, -0.05) is 11.6 Å². The van der Waals surface area contributed by atoms with Crippen molar-refractivity contribution in [3.05, 3.63) is 34.1 Å². The first kappa shape index (κ1) is 15.4. The van der Waals surface area contributed by atoms with Gasteiger partial charge in [-0.3, -0.25) is 0 Å². The van der Waals surface area contributed by atoms with Crippen molar-refractivity contribution < 1.29 is 4.39 Å². The second kappa shape index (κ2) is 6.00. The van der Waals surface area contributed by atoms with Gasteiger partial charge in [0.1, 0.15) is 5.82 Å². The lowest BCUT2D eigenvalue weighted by atomic mass is 10.0. The molecule has 0 heterocycles. The van der Waals surface area contributed by atoms with Gasteiger partial charge in [0.15, 0.2) is 0 Å². The van der Waals surface area contributed by atoms with Gasteiger partial charge < -0.3 is 10.6 Å². The molecule has 0 amide bonds. The molecule has 0 fully saturated rings. The SMILES string of the molecule is Cc1cc(Cl)c(CN(C)CCC(C)(C)N)cc1F. The highest BCUT2D eigenvalue weighted by Gasteiger charge is 2.13. The number of hydrogen-bond donors (Lipinski definition) is 1. The third-order valence-electron chi connectivity index (χ3n) is 2.91. The number of halogens is 2. The van der Waals surface area contributed by atoms with E-state index in [4.69, 9.17) is 17.3 Å². The van der Waals surface area contributed by atoms with Gasteiger partial charge in [-0.25, -0.2) is 4.39 Å². The highest BCUT2D eigenvalue weighted by Crippen LogP contribution is 2.21. The van der Waals surface area contributed by atoms with Crippen molar-refractivity contribution in [1.82, 2.24) is 4.90 Å². The predicted molar refractivity (Wildman–Crippen MR) is 75.4 cm³/mol. The molecule has 102 valence electrons. The summed E-state index contributed by atoms with van der Waals surface area (Å²) in [5, 5.41) is 0.618. The van der Waals surface area contributed by atoms with Crippen LogP contribution in [0.5, 0.6) is 0 Å². The molecule has 2 nitrogen and oxygen atoms in total. The van der Waals surface area contributed by atoms with Crippen LogP contribution in [0.4, 0.5) is 4.39 Å². The fraction of sp³-hybridized carbons (Fsp3) is 0.571. The number of nitrogens with zero attached hydrogens (tertiary/aromatic N) is 1. The Morgan fingerprint density at radius 1 is 1.39 bits per heavy atom. The van der Waals surface area contributed by atoms with E-state index in [0.29, 0.717) is 17.1 Å². The summed E-state index contributed by atoms with van der Waals surface area (Å²) in [6.07, 6.45) is 0.884. The first-order chi connectivity index (χ1) is 8.19. The average molecular weight is 273 g/mol. The minimum Gasteiger partial charge on any atom is -0.326 e. The summed E-state index contributed by atoms with van der Waals surface area (Å²) in [7, 11) is 1.99. The van der Waals surface area contributed by atoms with Gasteiger partial charge in [0.25, 0.3) is 0 Å². The van der Waals surface area contributed by atoms with Gasteiger partial charge in [-0.2, -0.15) is 0 Å². The second-order valence-corrected chi connectivity index (χ2v) is 6.08. The number of aryl methyl sites for hydroxylation is 1. The van der Waals surface area contributed by atoms with Crippen LogP contribution in [0.1, 0.15) is 31.4 Å². The lowest BCUT2D eigenvalue weighted by Gasteiger charge is -2.24. The van der Waals surface area contributed by atoms with Crippen molar-refractivity contribution in [1.29, 1.82) is 0 Å². The molecule has 1 rings (SSSR count). The molecule has 0 bridgehead atoms. The molecular formula is C14H22ClFN2. The molecule has 0 aliphatic carbocycles. The Morgan fingerprint density at radius 2 is 2.00 bits per heavy atom. The Labute approximate surface area is 114 Å². The van der Waals surface area contributed by atoms with Crippen molar-refractivity contribution in [2.45, 2.75) is 39.3 Å². The minimum absolute atomic E-state index is 0.184. The molecule has 0 atom stereocenters. The van der Waals surface area contributed by atoms with E-state index in [1.54, 1.807) is 13.0 Å². The maximum Gasteiger partial charge on any atom is 0.126 e. The van der Waals surface area contributed by atoms with Crippen molar-refractivity contribution in [3.63, 3.8) is 0 Å². The number of benzene rings is 1. The smallest absolute Gasteiger partial charge is 0.126 e. The van der Waals surface area contributed by atoms with E-state index in [2.05, 4.69) is 4.90 Å². The zero-order chi connectivity index (χ0) is 13.9. The summed E-state index contributed by atoms with van der Waals surface area (Å²) in [6, 6.07) is 3.19. The van der Waals surface area contributed by atoms with Gasteiger partial charge >= 0.3 is 0 Å². The molecule has 2 N–H and O–H groups in total. The summed E-state index contributed by atoms with van der Waals surface area (Å²) in [5.41, 5.74) is 7.15. The summed E-state index contributed by atoms with van der Waals surface area (Å²) in [4.78, 5) is 2.10. The molecule has 0 radical (unpaired) electrons. The average Bonchev–Trinajstić information content (AvgIpc) is 2.22. The molecule has 0 aliphatic heterocycles. The zero-order valence-corrected chi connectivity index (χ0v) is 12.3. The monoisotopic (exact) mass is 272 g/mol. The molecule has 0 unspecified atom stereocenters. The number of hydrogen-bond acceptors (Lipinski definition) is 2. The van der Waals surface area contributed by atoms with Crippen molar-refractivity contribution in [2.24, 2.45) is 5.73 Å². The van der Waals surface area contributed by atoms with E-state index in [0.717, 1.165) is 18.5 Å². The summed E-state index contributed by atoms with van der Waals surface area (Å²) in [6.45, 7) is 7.20. The number of rotatable bonds is 5. The Morgan fingerprint density at radius 3 is 2.56 bits per heavy atom. The third-order valence-corrected chi connectivity index (χ3v) is 3.26. The standard InChI is InChI=1S/C14H22ClFN2/c1-10-7-12(15)11(8-13(10)16)9-18(4)6-5-14(2,3)17/h7-8H,5-6,9,17H2,1-4H3. The summed E-state index contributed by atoms with van der Waals surface area (Å²) >= 11 is 6.12. The van der Waals surface area contributed by atoms with E-state index < -0.39 is 0 Å². The van der Waals surface area contributed by atoms with Gasteiger partial charge in [0, 0.05) is 17.1 Å². The fourth-order valence-corrected chi connectivity index (χ4v) is 1.94. The Bertz CT molecular complexity index is 413. The molecule has 0 saturated heterocycles. The summed E-state index contributed by atoms with van der Waals surface area (Å²) < 4.78 is 13.5. The molecule has 4 heteroatoms. The van der Waals surface area contributed by atoms with E-state index in [1.165, 1.54) is 6.07 Å². The number of nitrogens with two attached hydrogens (primary N) is 1. The Kier molecular flexibility index (Phi) is 5.14. The van der Waals surface area contributed by atoms with Crippen molar-refractivity contribution in [2.75, 3.05) is 13.6 Å². The molecule has 0 aromatic heterocycles. The highest BCUT2D eigenvalue weighted by molar-refractivity contribution is 6.31. The van der Waals surface area contributed by atoms with Crippen molar-refractivity contribution >= 4 is 11.6 Å². The first-order valence-corrected chi connectivity index (χ1v) is 6.49. The van der Waals surface area contributed by atoms with E-state index >= 15 is 0 Å². The zero-order valence-electron chi connectivity index (χ0n) is 11.6. The lowest BCUT2D eigenvalue weighted by Crippen LogP contribution is -2.36. The molecule has 0 saturated carbocycles. The highest BCUT2D eigenvalue weighted by atomic mass is 35.5. The van der Waals surface area contributed by atoms with E-state index in [1.807, 2.05) is 20.9 Å². The molecular weight excluding hydrogens is 251 g/mol. The van der Waals surface area contributed by atoms with Crippen LogP contribution in [-0.2, 0) is 6.54 Å². The van der Waals surface area contributed by atoms with Crippen LogP contribution in [0.25, 0.3) is 0 Å². The van der Waals surface area contributed by atoms with E-state index in [9.17, 15) is 4.39 Å². The Balaban J connectivity index is 2.65. The normalized spacial score (nSPS) is 12.2. The van der Waals surface area contributed by atoms with Crippen LogP contribution in [0, 0.1) is 12.7 Å². The lowest BCUT2D eigenvalue weighted by molar-refractivity contribution is 0.288. The molecule has 18 heavy (non-hydrogen) atoms. The summed E-state index contributed by atoms with van der Waals surface area (Å²) in [5.74, 6) is -0.207. The van der Waals surface area contributed by atoms with Crippen LogP contribution in [0.15, 0.2) is 12.1 Å². The van der Waals surface area contributed by atoms with Gasteiger partial charge in [-0.05, 0) is 64.0 Å². The van der Waals surface area contributed by atoms with Crippen LogP contribution in [0.2, 0.25) is 5.02 Å². The maximum absolute atomic E-state index is 13.5. The molecule has 1 aromatic carbocycles. The van der Waals surface area contributed by atoms with Gasteiger partial charge in [0.2, 0.25) is 0 Å². The largest absolute Gasteiger partial charge is 0.326 e. The molecule has 1 aromatic rings. The first-order valence-electron chi connectivity index (χ1n) is 6.11. The minimum atomic E-state index is -0.207. The fourth-order valence-electron chi connectivity index (χ4n) is 1.66. The maximum atomic E-state index is 13.5. The molecule has 0 spiro atoms. The van der Waals surface area contributed by atoms with Crippen LogP contribution < -0.4 is 5.73 Å². The predicted octanol–water partition coefficient (Wildman–Crippen LogP) is 3.35. The van der Waals surface area contributed by atoms with E-state index in [-0.39, 0.29) is 11.4 Å². The van der Waals surface area contributed by atoms with Crippen LogP contribution in [0.3, 0.4) is 0 Å². The molecule has 0 aliphatic rings. The van der Waals surface area contributed by atoms with Gasteiger partial charge in [-0.15, -0.1) is 0 Å². The topological polar surface area (TPSA) is 29.3 Å². The van der Waals surface area contributed by atoms with Crippen LogP contribution >= 0.6 is 11.6 Å². The van der Waals surface area contributed by atoms with Crippen molar-refractivity contribution in [3.8, 4) is 0 Å². The Hall–Kier alpha value is -0.640.